The van der Waals surface area contributed by atoms with E-state index in [-0.39, 0.29) is 5.56 Å². The van der Waals surface area contributed by atoms with Crippen molar-refractivity contribution in [1.29, 1.82) is 0 Å². The lowest BCUT2D eigenvalue weighted by atomic mass is 9.98. The number of benzene rings is 1. The van der Waals surface area contributed by atoms with Crippen molar-refractivity contribution in [1.82, 2.24) is 10.2 Å². The molecule has 0 saturated carbocycles. The number of rotatable bonds is 4. The van der Waals surface area contributed by atoms with E-state index in [9.17, 15) is 9.90 Å². The highest BCUT2D eigenvalue weighted by molar-refractivity contribution is 5.68. The summed E-state index contributed by atoms with van der Waals surface area (Å²) in [6.45, 7) is 3.10. The average Bonchev–Trinajstić information content (AvgIpc) is 2.46. The summed E-state index contributed by atoms with van der Waals surface area (Å²) in [6, 6.07) is 6.84. The fourth-order valence-electron chi connectivity index (χ4n) is 2.01. The van der Waals surface area contributed by atoms with Gasteiger partial charge in [-0.1, -0.05) is 0 Å². The number of methoxy groups -OCH3 is 2. The van der Waals surface area contributed by atoms with Gasteiger partial charge in [0.2, 0.25) is 0 Å². The summed E-state index contributed by atoms with van der Waals surface area (Å²) in [5.41, 5.74) is -0.235. The summed E-state index contributed by atoms with van der Waals surface area (Å²) >= 11 is 0. The number of nitrogens with one attached hydrogen (secondary N) is 1. The van der Waals surface area contributed by atoms with Gasteiger partial charge in [-0.05, 0) is 32.0 Å². The van der Waals surface area contributed by atoms with Crippen molar-refractivity contribution in [2.45, 2.75) is 19.4 Å². The Bertz CT molecular complexity index is 702. The molecule has 0 aliphatic carbocycles. The second-order valence-corrected chi connectivity index (χ2v) is 5.12. The van der Waals surface area contributed by atoms with Gasteiger partial charge >= 0.3 is 0 Å². The van der Waals surface area contributed by atoms with Crippen LogP contribution < -0.4 is 15.0 Å². The van der Waals surface area contributed by atoms with Gasteiger partial charge in [-0.15, -0.1) is 0 Å². The van der Waals surface area contributed by atoms with Crippen molar-refractivity contribution < 1.29 is 14.6 Å². The zero-order valence-corrected chi connectivity index (χ0v) is 12.4. The Morgan fingerprint density at radius 2 is 1.90 bits per heavy atom. The van der Waals surface area contributed by atoms with E-state index in [0.717, 1.165) is 0 Å². The molecule has 0 spiro atoms. The summed E-state index contributed by atoms with van der Waals surface area (Å²) < 4.78 is 10.5. The average molecular weight is 290 g/mol. The maximum atomic E-state index is 11.8. The summed E-state index contributed by atoms with van der Waals surface area (Å²) in [4.78, 5) is 11.8. The van der Waals surface area contributed by atoms with Crippen LogP contribution in [-0.4, -0.2) is 29.5 Å². The molecule has 0 fully saturated rings. The number of ether oxygens (including phenoxy) is 2. The van der Waals surface area contributed by atoms with Gasteiger partial charge in [0.1, 0.15) is 11.5 Å². The normalized spacial score (nSPS) is 11.3. The van der Waals surface area contributed by atoms with Crippen LogP contribution in [0.2, 0.25) is 0 Å². The molecule has 1 aromatic carbocycles. The molecule has 1 aromatic heterocycles. The van der Waals surface area contributed by atoms with Crippen LogP contribution >= 0.6 is 0 Å². The minimum atomic E-state index is -1.26. The van der Waals surface area contributed by atoms with Crippen LogP contribution in [0, 0.1) is 0 Å². The first kappa shape index (κ1) is 15.1. The summed E-state index contributed by atoms with van der Waals surface area (Å²) in [5, 5.41) is 16.5. The molecular formula is C15H18N2O4. The molecule has 0 radical (unpaired) electrons. The first-order chi connectivity index (χ1) is 9.86. The molecule has 0 atom stereocenters. The van der Waals surface area contributed by atoms with E-state index in [0.29, 0.717) is 22.8 Å². The lowest BCUT2D eigenvalue weighted by Crippen LogP contribution is -2.27. The number of H-pyrrole nitrogens is 1. The number of hydrogen-bond acceptors (Lipinski definition) is 5. The van der Waals surface area contributed by atoms with E-state index < -0.39 is 11.2 Å². The first-order valence-corrected chi connectivity index (χ1v) is 6.42. The fourth-order valence-corrected chi connectivity index (χ4v) is 2.01. The molecular weight excluding hydrogens is 272 g/mol. The lowest BCUT2D eigenvalue weighted by molar-refractivity contribution is 0.0769. The van der Waals surface area contributed by atoms with Crippen LogP contribution in [-0.2, 0) is 5.60 Å². The molecule has 0 bridgehead atoms. The van der Waals surface area contributed by atoms with Crippen LogP contribution in [0.15, 0.2) is 29.1 Å². The molecule has 0 unspecified atom stereocenters. The molecule has 2 N–H and O–H groups in total. The summed E-state index contributed by atoms with van der Waals surface area (Å²) in [7, 11) is 3.11. The number of aromatic nitrogens is 2. The summed E-state index contributed by atoms with van der Waals surface area (Å²) in [5.74, 6) is 1.22. The minimum absolute atomic E-state index is 0.241. The van der Waals surface area contributed by atoms with Crippen LogP contribution in [0.4, 0.5) is 0 Å². The van der Waals surface area contributed by atoms with Gasteiger partial charge in [-0.3, -0.25) is 4.79 Å². The van der Waals surface area contributed by atoms with Crippen LogP contribution in [0.5, 0.6) is 11.5 Å². The zero-order chi connectivity index (χ0) is 15.6. The van der Waals surface area contributed by atoms with Gasteiger partial charge in [0.25, 0.3) is 5.56 Å². The van der Waals surface area contributed by atoms with E-state index in [4.69, 9.17) is 9.47 Å². The van der Waals surface area contributed by atoms with Crippen molar-refractivity contribution in [3.8, 4) is 22.8 Å². The van der Waals surface area contributed by atoms with Crippen LogP contribution in [0.25, 0.3) is 11.3 Å². The molecule has 2 aromatic rings. The minimum Gasteiger partial charge on any atom is -0.497 e. The molecule has 6 heteroatoms. The fraction of sp³-hybridized carbons (Fsp3) is 0.333. The molecule has 21 heavy (non-hydrogen) atoms. The highest BCUT2D eigenvalue weighted by Gasteiger charge is 2.22. The second-order valence-electron chi connectivity index (χ2n) is 5.12. The number of hydrogen-bond donors (Lipinski definition) is 2. The van der Waals surface area contributed by atoms with E-state index in [2.05, 4.69) is 10.2 Å². The maximum Gasteiger partial charge on any atom is 0.270 e. The first-order valence-electron chi connectivity index (χ1n) is 6.42. The van der Waals surface area contributed by atoms with E-state index in [1.165, 1.54) is 0 Å². The highest BCUT2D eigenvalue weighted by atomic mass is 16.5. The van der Waals surface area contributed by atoms with Gasteiger partial charge < -0.3 is 14.6 Å². The molecule has 0 aliphatic heterocycles. The van der Waals surface area contributed by atoms with Gasteiger partial charge in [0.15, 0.2) is 0 Å². The Morgan fingerprint density at radius 1 is 1.19 bits per heavy atom. The Balaban J connectivity index is 2.60. The smallest absolute Gasteiger partial charge is 0.270 e. The maximum absolute atomic E-state index is 11.8. The predicted molar refractivity (Wildman–Crippen MR) is 78.6 cm³/mol. The highest BCUT2D eigenvalue weighted by Crippen LogP contribution is 2.32. The van der Waals surface area contributed by atoms with Gasteiger partial charge in [-0.25, -0.2) is 5.10 Å². The van der Waals surface area contributed by atoms with Crippen molar-refractivity contribution >= 4 is 0 Å². The molecule has 2 rings (SSSR count). The molecule has 1 heterocycles. The van der Waals surface area contributed by atoms with Crippen molar-refractivity contribution in [2.75, 3.05) is 14.2 Å². The number of aliphatic hydroxyl groups is 1. The zero-order valence-electron chi connectivity index (χ0n) is 12.4. The van der Waals surface area contributed by atoms with Crippen molar-refractivity contribution in [3.63, 3.8) is 0 Å². The number of aromatic amines is 1. The molecule has 0 amide bonds. The third kappa shape index (κ3) is 3.05. The van der Waals surface area contributed by atoms with Gasteiger partial charge in [0, 0.05) is 11.6 Å². The Labute approximate surface area is 122 Å². The third-order valence-corrected chi connectivity index (χ3v) is 3.15. The lowest BCUT2D eigenvalue weighted by Gasteiger charge is -2.17. The van der Waals surface area contributed by atoms with Gasteiger partial charge in [-0.2, -0.15) is 5.10 Å². The SMILES string of the molecule is COc1ccc(-c2cc(C(C)(C)O)c(=O)[nH]n2)c(OC)c1. The number of nitrogens with zero attached hydrogens (tertiary/aromatic N) is 1. The van der Waals surface area contributed by atoms with E-state index in [1.807, 2.05) is 0 Å². The standard InChI is InChI=1S/C15H18N2O4/c1-15(2,19)11-8-12(16-17-14(11)18)10-6-5-9(20-3)7-13(10)21-4/h5-8,19H,1-4H3,(H,17,18). The second kappa shape index (κ2) is 5.57. The monoisotopic (exact) mass is 290 g/mol. The quantitative estimate of drug-likeness (QED) is 0.895. The third-order valence-electron chi connectivity index (χ3n) is 3.15. The Kier molecular flexibility index (Phi) is 3.99. The van der Waals surface area contributed by atoms with Crippen LogP contribution in [0.3, 0.4) is 0 Å². The topological polar surface area (TPSA) is 84.4 Å². The molecule has 0 saturated heterocycles. The summed E-state index contributed by atoms with van der Waals surface area (Å²) in [6.07, 6.45) is 0. The Morgan fingerprint density at radius 3 is 2.48 bits per heavy atom. The largest absolute Gasteiger partial charge is 0.497 e. The molecule has 6 nitrogen and oxygen atoms in total. The predicted octanol–water partition coefficient (Wildman–Crippen LogP) is 1.68. The molecule has 112 valence electrons. The van der Waals surface area contributed by atoms with E-state index >= 15 is 0 Å². The van der Waals surface area contributed by atoms with Gasteiger partial charge in [0.05, 0.1) is 31.1 Å². The van der Waals surface area contributed by atoms with Crippen molar-refractivity contribution in [3.05, 3.63) is 40.2 Å². The van der Waals surface area contributed by atoms with E-state index in [1.54, 1.807) is 52.3 Å². The van der Waals surface area contributed by atoms with Crippen LogP contribution in [0.1, 0.15) is 19.4 Å². The Hall–Kier alpha value is -2.34. The molecule has 0 aliphatic rings. The van der Waals surface area contributed by atoms with Crippen molar-refractivity contribution in [2.24, 2.45) is 0 Å².